The highest BCUT2D eigenvalue weighted by Gasteiger charge is 2.15. The predicted molar refractivity (Wildman–Crippen MR) is 77.3 cm³/mol. The Morgan fingerprint density at radius 3 is 2.50 bits per heavy atom. The third-order valence-electron chi connectivity index (χ3n) is 3.04. The fraction of sp³-hybridized carbons (Fsp3) is 0.600. The minimum Gasteiger partial charge on any atom is -0.496 e. The molecule has 0 fully saturated rings. The average molecular weight is 250 g/mol. The molecule has 0 aliphatic rings. The number of methoxy groups -OCH3 is 1. The van der Waals surface area contributed by atoms with Crippen molar-refractivity contribution in [2.45, 2.75) is 32.6 Å². The molecule has 0 unspecified atom stereocenters. The Kier molecular flexibility index (Phi) is 5.63. The zero-order chi connectivity index (χ0) is 13.6. The van der Waals surface area contributed by atoms with Gasteiger partial charge in [0.05, 0.1) is 7.11 Å². The van der Waals surface area contributed by atoms with Crippen LogP contribution in [-0.2, 0) is 11.8 Å². The van der Waals surface area contributed by atoms with Gasteiger partial charge in [-0.05, 0) is 35.6 Å². The van der Waals surface area contributed by atoms with Gasteiger partial charge < -0.3 is 15.8 Å². The summed E-state index contributed by atoms with van der Waals surface area (Å²) in [5, 5.41) is 3.31. The Balaban J connectivity index is 2.79. The topological polar surface area (TPSA) is 47.3 Å². The van der Waals surface area contributed by atoms with Crippen LogP contribution in [0.25, 0.3) is 0 Å². The van der Waals surface area contributed by atoms with Crippen molar-refractivity contribution in [3.8, 4) is 5.75 Å². The quantitative estimate of drug-likeness (QED) is 0.760. The fourth-order valence-electron chi connectivity index (χ4n) is 1.89. The molecule has 0 saturated carbocycles. The molecule has 18 heavy (non-hydrogen) atoms. The van der Waals surface area contributed by atoms with Crippen LogP contribution in [0.5, 0.6) is 5.75 Å². The highest BCUT2D eigenvalue weighted by Crippen LogP contribution is 2.28. The molecule has 0 bridgehead atoms. The summed E-state index contributed by atoms with van der Waals surface area (Å²) in [6.07, 6.45) is 0.965. The fourth-order valence-corrected chi connectivity index (χ4v) is 1.89. The first-order valence-electron chi connectivity index (χ1n) is 6.57. The van der Waals surface area contributed by atoms with Crippen LogP contribution in [-0.4, -0.2) is 26.7 Å². The normalized spacial score (nSPS) is 11.6. The van der Waals surface area contributed by atoms with Gasteiger partial charge in [0.15, 0.2) is 0 Å². The molecule has 3 heteroatoms. The first kappa shape index (κ1) is 15.0. The van der Waals surface area contributed by atoms with E-state index in [2.05, 4.69) is 44.3 Å². The molecular weight excluding hydrogens is 224 g/mol. The van der Waals surface area contributed by atoms with E-state index in [9.17, 15) is 0 Å². The standard InChI is InChI=1S/C15H26N2O/c1-15(2,3)13-5-6-14(18-4)12(11-13)7-9-17-10-8-16/h5-6,11,17H,7-10,16H2,1-4H3. The molecule has 0 aromatic heterocycles. The second-order valence-electron chi connectivity index (χ2n) is 5.57. The van der Waals surface area contributed by atoms with Gasteiger partial charge in [0.1, 0.15) is 5.75 Å². The Morgan fingerprint density at radius 1 is 1.22 bits per heavy atom. The maximum Gasteiger partial charge on any atom is 0.122 e. The summed E-state index contributed by atoms with van der Waals surface area (Å²) in [7, 11) is 1.73. The van der Waals surface area contributed by atoms with Crippen molar-refractivity contribution in [1.82, 2.24) is 5.32 Å². The zero-order valence-electron chi connectivity index (χ0n) is 12.0. The van der Waals surface area contributed by atoms with Crippen LogP contribution in [0.3, 0.4) is 0 Å². The van der Waals surface area contributed by atoms with Gasteiger partial charge >= 0.3 is 0 Å². The smallest absolute Gasteiger partial charge is 0.122 e. The van der Waals surface area contributed by atoms with Crippen molar-refractivity contribution in [2.24, 2.45) is 5.73 Å². The van der Waals surface area contributed by atoms with Crippen molar-refractivity contribution in [1.29, 1.82) is 0 Å². The molecule has 1 rings (SSSR count). The average Bonchev–Trinajstić information content (AvgIpc) is 2.33. The van der Waals surface area contributed by atoms with Crippen molar-refractivity contribution in [2.75, 3.05) is 26.7 Å². The number of rotatable bonds is 6. The highest BCUT2D eigenvalue weighted by molar-refractivity contribution is 5.39. The molecule has 0 spiro atoms. The summed E-state index contributed by atoms with van der Waals surface area (Å²) in [6, 6.07) is 6.47. The monoisotopic (exact) mass is 250 g/mol. The lowest BCUT2D eigenvalue weighted by Crippen LogP contribution is -2.24. The third kappa shape index (κ3) is 4.31. The lowest BCUT2D eigenvalue weighted by molar-refractivity contribution is 0.408. The van der Waals surface area contributed by atoms with Crippen molar-refractivity contribution in [3.05, 3.63) is 29.3 Å². The number of nitrogens with two attached hydrogens (primary N) is 1. The zero-order valence-corrected chi connectivity index (χ0v) is 12.0. The van der Waals surface area contributed by atoms with E-state index in [1.54, 1.807) is 7.11 Å². The first-order chi connectivity index (χ1) is 8.49. The molecular formula is C15H26N2O. The summed E-state index contributed by atoms with van der Waals surface area (Å²) in [5.41, 5.74) is 8.23. The van der Waals surface area contributed by atoms with Crippen LogP contribution < -0.4 is 15.8 Å². The summed E-state index contributed by atoms with van der Waals surface area (Å²) >= 11 is 0. The Morgan fingerprint density at radius 2 is 1.94 bits per heavy atom. The first-order valence-corrected chi connectivity index (χ1v) is 6.57. The second kappa shape index (κ2) is 6.76. The molecule has 0 heterocycles. The molecule has 0 saturated heterocycles. The van der Waals surface area contributed by atoms with Crippen LogP contribution in [0, 0.1) is 0 Å². The minimum atomic E-state index is 0.172. The van der Waals surface area contributed by atoms with Gasteiger partial charge in [-0.15, -0.1) is 0 Å². The van der Waals surface area contributed by atoms with Crippen LogP contribution in [0.1, 0.15) is 31.9 Å². The second-order valence-corrected chi connectivity index (χ2v) is 5.57. The van der Waals surface area contributed by atoms with E-state index in [4.69, 9.17) is 10.5 Å². The molecule has 0 radical (unpaired) electrons. The molecule has 1 aromatic rings. The number of hydrogen-bond acceptors (Lipinski definition) is 3. The van der Waals surface area contributed by atoms with E-state index in [1.807, 2.05) is 0 Å². The van der Waals surface area contributed by atoms with Gasteiger partial charge in [-0.3, -0.25) is 0 Å². The van der Waals surface area contributed by atoms with E-state index in [0.717, 1.165) is 25.3 Å². The van der Waals surface area contributed by atoms with Gasteiger partial charge in [-0.2, -0.15) is 0 Å². The largest absolute Gasteiger partial charge is 0.496 e. The van der Waals surface area contributed by atoms with Gasteiger partial charge in [-0.25, -0.2) is 0 Å². The third-order valence-corrected chi connectivity index (χ3v) is 3.04. The number of nitrogens with one attached hydrogen (secondary N) is 1. The molecule has 3 N–H and O–H groups in total. The maximum atomic E-state index is 5.46. The predicted octanol–water partition coefficient (Wildman–Crippen LogP) is 2.08. The van der Waals surface area contributed by atoms with Crippen LogP contribution in [0.15, 0.2) is 18.2 Å². The Labute approximate surface area is 111 Å². The number of hydrogen-bond donors (Lipinski definition) is 2. The van der Waals surface area contributed by atoms with Gasteiger partial charge in [0.25, 0.3) is 0 Å². The van der Waals surface area contributed by atoms with E-state index in [-0.39, 0.29) is 5.41 Å². The Bertz CT molecular complexity index is 369. The van der Waals surface area contributed by atoms with Gasteiger partial charge in [0.2, 0.25) is 0 Å². The number of benzene rings is 1. The van der Waals surface area contributed by atoms with Crippen molar-refractivity contribution < 1.29 is 4.74 Å². The molecule has 0 aliphatic heterocycles. The molecule has 0 atom stereocenters. The summed E-state index contributed by atoms with van der Waals surface area (Å²) in [5.74, 6) is 0.970. The summed E-state index contributed by atoms with van der Waals surface area (Å²) in [6.45, 7) is 9.16. The SMILES string of the molecule is COc1ccc(C(C)(C)C)cc1CCNCCN. The maximum absolute atomic E-state index is 5.46. The highest BCUT2D eigenvalue weighted by atomic mass is 16.5. The molecule has 0 amide bonds. The molecule has 0 aliphatic carbocycles. The van der Waals surface area contributed by atoms with E-state index < -0.39 is 0 Å². The summed E-state index contributed by atoms with van der Waals surface area (Å²) < 4.78 is 5.42. The lowest BCUT2D eigenvalue weighted by atomic mass is 9.85. The van der Waals surface area contributed by atoms with Gasteiger partial charge in [0, 0.05) is 13.1 Å². The van der Waals surface area contributed by atoms with Crippen molar-refractivity contribution in [3.63, 3.8) is 0 Å². The van der Waals surface area contributed by atoms with Crippen LogP contribution in [0.2, 0.25) is 0 Å². The van der Waals surface area contributed by atoms with E-state index in [1.165, 1.54) is 11.1 Å². The molecule has 1 aromatic carbocycles. The summed E-state index contributed by atoms with van der Waals surface area (Å²) in [4.78, 5) is 0. The Hall–Kier alpha value is -1.06. The minimum absolute atomic E-state index is 0.172. The number of ether oxygens (including phenoxy) is 1. The lowest BCUT2D eigenvalue weighted by Gasteiger charge is -2.21. The molecule has 3 nitrogen and oxygen atoms in total. The van der Waals surface area contributed by atoms with Crippen molar-refractivity contribution >= 4 is 0 Å². The van der Waals surface area contributed by atoms with E-state index in [0.29, 0.717) is 6.54 Å². The van der Waals surface area contributed by atoms with Crippen LogP contribution >= 0.6 is 0 Å². The van der Waals surface area contributed by atoms with E-state index >= 15 is 0 Å². The molecule has 102 valence electrons. The van der Waals surface area contributed by atoms with Crippen LogP contribution in [0.4, 0.5) is 0 Å². The van der Waals surface area contributed by atoms with Gasteiger partial charge in [-0.1, -0.05) is 32.9 Å².